The maximum absolute atomic E-state index is 11.9. The molecular weight excluding hydrogens is 292 g/mol. The largest absolute Gasteiger partial charge is 0.472 e. The second kappa shape index (κ2) is 6.53. The summed E-state index contributed by atoms with van der Waals surface area (Å²) in [6, 6.07) is 6.72. The Kier molecular flexibility index (Phi) is 4.52. The number of anilines is 1. The van der Waals surface area contributed by atoms with Crippen molar-refractivity contribution in [2.75, 3.05) is 5.32 Å². The van der Waals surface area contributed by atoms with E-state index in [4.69, 9.17) is 9.15 Å². The van der Waals surface area contributed by atoms with Gasteiger partial charge in [-0.1, -0.05) is 0 Å². The highest BCUT2D eigenvalue weighted by Gasteiger charge is 2.19. The summed E-state index contributed by atoms with van der Waals surface area (Å²) in [7, 11) is 0. The van der Waals surface area contributed by atoms with Crippen molar-refractivity contribution in [3.63, 3.8) is 0 Å². The molecule has 0 aliphatic carbocycles. The summed E-state index contributed by atoms with van der Waals surface area (Å²) in [6.45, 7) is 1.42. The second-order valence-corrected chi connectivity index (χ2v) is 4.35. The Labute approximate surface area is 124 Å². The molecular formula is C14H12N2O6. The van der Waals surface area contributed by atoms with Crippen molar-refractivity contribution in [3.05, 3.63) is 58.5 Å². The summed E-state index contributed by atoms with van der Waals surface area (Å²) in [5.41, 5.74) is 0.481. The molecule has 0 aliphatic rings. The first kappa shape index (κ1) is 15.2. The van der Waals surface area contributed by atoms with E-state index in [1.54, 1.807) is 0 Å². The number of non-ortho nitro benzene ring substituents is 1. The number of carbonyl (C=O) groups is 2. The molecule has 0 radical (unpaired) electrons. The summed E-state index contributed by atoms with van der Waals surface area (Å²) < 4.78 is 9.72. The number of benzene rings is 1. The Morgan fingerprint density at radius 2 is 1.95 bits per heavy atom. The van der Waals surface area contributed by atoms with E-state index in [-0.39, 0.29) is 11.3 Å². The van der Waals surface area contributed by atoms with E-state index >= 15 is 0 Å². The summed E-state index contributed by atoms with van der Waals surface area (Å²) in [5, 5.41) is 13.0. The van der Waals surface area contributed by atoms with Gasteiger partial charge in [-0.05, 0) is 25.1 Å². The normalized spacial score (nSPS) is 11.5. The standard InChI is InChI=1S/C14H12N2O6/c1-9(22-14(18)10-6-7-21-8-10)13(17)15-11-2-4-12(5-3-11)16(19)20/h2-9H,1H3,(H,15,17). The Morgan fingerprint density at radius 1 is 1.27 bits per heavy atom. The van der Waals surface area contributed by atoms with E-state index in [1.165, 1.54) is 49.8 Å². The Balaban J connectivity index is 1.93. The predicted molar refractivity (Wildman–Crippen MR) is 75.3 cm³/mol. The number of ether oxygens (including phenoxy) is 1. The Bertz CT molecular complexity index is 678. The Hall–Kier alpha value is -3.16. The molecule has 2 rings (SSSR count). The van der Waals surface area contributed by atoms with E-state index in [0.29, 0.717) is 5.69 Å². The lowest BCUT2D eigenvalue weighted by molar-refractivity contribution is -0.384. The molecule has 114 valence electrons. The van der Waals surface area contributed by atoms with E-state index in [9.17, 15) is 19.7 Å². The molecule has 0 bridgehead atoms. The molecule has 1 unspecified atom stereocenters. The number of nitro groups is 1. The zero-order valence-corrected chi connectivity index (χ0v) is 11.5. The van der Waals surface area contributed by atoms with Gasteiger partial charge in [0.25, 0.3) is 11.6 Å². The third-order valence-electron chi connectivity index (χ3n) is 2.76. The van der Waals surface area contributed by atoms with Gasteiger partial charge in [0.1, 0.15) is 6.26 Å². The maximum atomic E-state index is 11.9. The highest BCUT2D eigenvalue weighted by atomic mass is 16.6. The second-order valence-electron chi connectivity index (χ2n) is 4.35. The van der Waals surface area contributed by atoms with E-state index in [1.807, 2.05) is 0 Å². The van der Waals surface area contributed by atoms with Crippen LogP contribution in [0.25, 0.3) is 0 Å². The van der Waals surface area contributed by atoms with Crippen LogP contribution in [0.1, 0.15) is 17.3 Å². The minimum absolute atomic E-state index is 0.0857. The number of nitro benzene ring substituents is 1. The number of nitrogens with zero attached hydrogens (tertiary/aromatic N) is 1. The van der Waals surface area contributed by atoms with Gasteiger partial charge >= 0.3 is 5.97 Å². The maximum Gasteiger partial charge on any atom is 0.342 e. The molecule has 22 heavy (non-hydrogen) atoms. The van der Waals surface area contributed by atoms with Crippen LogP contribution >= 0.6 is 0 Å². The van der Waals surface area contributed by atoms with Gasteiger partial charge in [0, 0.05) is 17.8 Å². The summed E-state index contributed by atoms with van der Waals surface area (Å²) in [5.74, 6) is -1.23. The molecule has 1 aromatic heterocycles. The third-order valence-corrected chi connectivity index (χ3v) is 2.76. The van der Waals surface area contributed by atoms with Gasteiger partial charge in [0.15, 0.2) is 6.10 Å². The molecule has 1 amide bonds. The fourth-order valence-electron chi connectivity index (χ4n) is 1.57. The minimum Gasteiger partial charge on any atom is -0.472 e. The van der Waals surface area contributed by atoms with Crippen LogP contribution in [-0.4, -0.2) is 22.9 Å². The van der Waals surface area contributed by atoms with Crippen LogP contribution in [-0.2, 0) is 9.53 Å². The van der Waals surface area contributed by atoms with Gasteiger partial charge in [0.2, 0.25) is 0 Å². The van der Waals surface area contributed by atoms with Gasteiger partial charge in [-0.25, -0.2) is 4.79 Å². The van der Waals surface area contributed by atoms with E-state index < -0.39 is 22.9 Å². The van der Waals surface area contributed by atoms with Crippen molar-refractivity contribution < 1.29 is 23.7 Å². The molecule has 8 heteroatoms. The monoisotopic (exact) mass is 304 g/mol. The average Bonchev–Trinajstić information content (AvgIpc) is 3.02. The lowest BCUT2D eigenvalue weighted by atomic mass is 10.2. The molecule has 0 spiro atoms. The van der Waals surface area contributed by atoms with Crippen LogP contribution in [0.5, 0.6) is 0 Å². The Morgan fingerprint density at radius 3 is 2.50 bits per heavy atom. The van der Waals surface area contributed by atoms with Gasteiger partial charge < -0.3 is 14.5 Å². The van der Waals surface area contributed by atoms with Crippen molar-refractivity contribution in [2.24, 2.45) is 0 Å². The molecule has 1 N–H and O–H groups in total. The van der Waals surface area contributed by atoms with Crippen LogP contribution in [0.4, 0.5) is 11.4 Å². The number of rotatable bonds is 5. The number of esters is 1. The van der Waals surface area contributed by atoms with Gasteiger partial charge in [0.05, 0.1) is 16.7 Å². The lowest BCUT2D eigenvalue weighted by Crippen LogP contribution is -2.29. The molecule has 1 heterocycles. The molecule has 0 saturated carbocycles. The van der Waals surface area contributed by atoms with Crippen LogP contribution in [0.15, 0.2) is 47.3 Å². The molecule has 1 atom stereocenters. The zero-order valence-electron chi connectivity index (χ0n) is 11.5. The molecule has 8 nitrogen and oxygen atoms in total. The third kappa shape index (κ3) is 3.69. The number of carbonyl (C=O) groups excluding carboxylic acids is 2. The van der Waals surface area contributed by atoms with Crippen molar-refractivity contribution in [2.45, 2.75) is 13.0 Å². The molecule has 0 fully saturated rings. The lowest BCUT2D eigenvalue weighted by Gasteiger charge is -2.12. The highest BCUT2D eigenvalue weighted by molar-refractivity contribution is 5.97. The van der Waals surface area contributed by atoms with Crippen molar-refractivity contribution in [3.8, 4) is 0 Å². The summed E-state index contributed by atoms with van der Waals surface area (Å²) in [4.78, 5) is 33.5. The summed E-state index contributed by atoms with van der Waals surface area (Å²) in [6.07, 6.45) is 1.50. The average molecular weight is 304 g/mol. The van der Waals surface area contributed by atoms with E-state index in [0.717, 1.165) is 0 Å². The van der Waals surface area contributed by atoms with Gasteiger partial charge in [-0.15, -0.1) is 0 Å². The first-order chi connectivity index (χ1) is 10.5. The van der Waals surface area contributed by atoms with Crippen molar-refractivity contribution in [1.29, 1.82) is 0 Å². The van der Waals surface area contributed by atoms with Crippen molar-refractivity contribution >= 4 is 23.3 Å². The first-order valence-electron chi connectivity index (χ1n) is 6.26. The van der Waals surface area contributed by atoms with Crippen LogP contribution in [0.3, 0.4) is 0 Å². The smallest absolute Gasteiger partial charge is 0.342 e. The molecule has 2 aromatic rings. The van der Waals surface area contributed by atoms with Crippen LogP contribution in [0.2, 0.25) is 0 Å². The minimum atomic E-state index is -1.03. The quantitative estimate of drug-likeness (QED) is 0.515. The predicted octanol–water partition coefficient (Wildman–Crippen LogP) is 2.37. The van der Waals surface area contributed by atoms with Gasteiger partial charge in [-0.2, -0.15) is 0 Å². The fourth-order valence-corrected chi connectivity index (χ4v) is 1.57. The number of amides is 1. The summed E-state index contributed by atoms with van der Waals surface area (Å²) >= 11 is 0. The number of hydrogen-bond donors (Lipinski definition) is 1. The molecule has 0 saturated heterocycles. The highest BCUT2D eigenvalue weighted by Crippen LogP contribution is 2.16. The topological polar surface area (TPSA) is 112 Å². The van der Waals surface area contributed by atoms with Crippen LogP contribution in [0, 0.1) is 10.1 Å². The SMILES string of the molecule is CC(OC(=O)c1ccoc1)C(=O)Nc1ccc([N+](=O)[O-])cc1. The first-order valence-corrected chi connectivity index (χ1v) is 6.26. The number of nitrogens with one attached hydrogen (secondary N) is 1. The van der Waals surface area contributed by atoms with E-state index in [2.05, 4.69) is 5.32 Å². The number of furan rings is 1. The molecule has 1 aromatic carbocycles. The zero-order chi connectivity index (χ0) is 16.1. The fraction of sp³-hybridized carbons (Fsp3) is 0.143. The number of hydrogen-bond acceptors (Lipinski definition) is 6. The van der Waals surface area contributed by atoms with Crippen molar-refractivity contribution in [1.82, 2.24) is 0 Å². The van der Waals surface area contributed by atoms with Crippen LogP contribution < -0.4 is 5.32 Å². The molecule has 0 aliphatic heterocycles. The van der Waals surface area contributed by atoms with Gasteiger partial charge in [-0.3, -0.25) is 14.9 Å².